The highest BCUT2D eigenvalue weighted by molar-refractivity contribution is 7.90. The Morgan fingerprint density at radius 3 is 2.47 bits per heavy atom. The number of rotatable bonds is 4. The summed E-state index contributed by atoms with van der Waals surface area (Å²) in [5.74, 6) is 0.407. The fourth-order valence-electron chi connectivity index (χ4n) is 3.90. The Morgan fingerprint density at radius 2 is 1.77 bits per heavy atom. The Balaban J connectivity index is 1.31. The molecule has 0 unspecified atom stereocenters. The molecule has 158 valence electrons. The van der Waals surface area contributed by atoms with E-state index in [1.807, 2.05) is 23.1 Å². The molecular formula is C21H21Cl2N3O3S. The molecule has 2 aromatic rings. The van der Waals surface area contributed by atoms with Crippen molar-refractivity contribution in [3.05, 3.63) is 63.6 Å². The third-order valence-corrected chi connectivity index (χ3v) is 7.17. The third-order valence-electron chi connectivity index (χ3n) is 5.41. The normalized spacial score (nSPS) is 18.1. The monoisotopic (exact) mass is 465 g/mol. The van der Waals surface area contributed by atoms with Crippen molar-refractivity contribution in [3.8, 4) is 0 Å². The molecule has 1 fully saturated rings. The first kappa shape index (κ1) is 21.2. The van der Waals surface area contributed by atoms with Crippen molar-refractivity contribution in [3.63, 3.8) is 0 Å². The van der Waals surface area contributed by atoms with Gasteiger partial charge in [0.05, 0.1) is 0 Å². The Kier molecular flexibility index (Phi) is 6.04. The molecular weight excluding hydrogens is 445 g/mol. The van der Waals surface area contributed by atoms with Gasteiger partial charge in [0.25, 0.3) is 10.0 Å². The number of carbonyl (C=O) groups excluding carboxylic acids is 1. The summed E-state index contributed by atoms with van der Waals surface area (Å²) in [6.45, 7) is 1.68. The average molecular weight is 466 g/mol. The summed E-state index contributed by atoms with van der Waals surface area (Å²) >= 11 is 12.0. The topological polar surface area (TPSA) is 78.8 Å². The van der Waals surface area contributed by atoms with E-state index in [4.69, 9.17) is 23.2 Å². The second kappa shape index (κ2) is 8.57. The molecule has 30 heavy (non-hydrogen) atoms. The molecule has 2 aromatic carbocycles. The van der Waals surface area contributed by atoms with E-state index in [-0.39, 0.29) is 16.7 Å². The number of amides is 1. The van der Waals surface area contributed by atoms with E-state index in [0.29, 0.717) is 60.3 Å². The maximum absolute atomic E-state index is 12.5. The first-order valence-corrected chi connectivity index (χ1v) is 11.9. The summed E-state index contributed by atoms with van der Waals surface area (Å²) in [6, 6.07) is 12.2. The molecule has 0 spiro atoms. The van der Waals surface area contributed by atoms with Crippen LogP contribution in [0.3, 0.4) is 0 Å². The number of amidine groups is 1. The number of likely N-dealkylation sites (tertiary alicyclic amines) is 1. The quantitative estimate of drug-likeness (QED) is 0.748. The lowest BCUT2D eigenvalue weighted by Gasteiger charge is -2.32. The highest BCUT2D eigenvalue weighted by Crippen LogP contribution is 2.29. The zero-order chi connectivity index (χ0) is 21.3. The molecule has 6 nitrogen and oxygen atoms in total. The number of nitrogens with one attached hydrogen (secondary N) is 1. The van der Waals surface area contributed by atoms with Crippen LogP contribution in [0.5, 0.6) is 0 Å². The summed E-state index contributed by atoms with van der Waals surface area (Å²) < 4.78 is 28.5. The first-order chi connectivity index (χ1) is 14.3. The molecule has 1 saturated heterocycles. The van der Waals surface area contributed by atoms with Crippen molar-refractivity contribution in [2.75, 3.05) is 19.6 Å². The highest BCUT2D eigenvalue weighted by atomic mass is 35.5. The minimum Gasteiger partial charge on any atom is -0.356 e. The van der Waals surface area contributed by atoms with E-state index >= 15 is 0 Å². The Hall–Kier alpha value is -2.09. The largest absolute Gasteiger partial charge is 0.356 e. The average Bonchev–Trinajstić information content (AvgIpc) is 2.99. The summed E-state index contributed by atoms with van der Waals surface area (Å²) in [6.07, 6.45) is 1.95. The molecule has 1 amide bonds. The van der Waals surface area contributed by atoms with Gasteiger partial charge in [-0.05, 0) is 55.2 Å². The highest BCUT2D eigenvalue weighted by Gasteiger charge is 2.34. The molecule has 0 saturated carbocycles. The number of hydrogen-bond donors (Lipinski definition) is 1. The van der Waals surface area contributed by atoms with Crippen LogP contribution < -0.4 is 5.32 Å². The number of carbonyl (C=O) groups is 1. The van der Waals surface area contributed by atoms with E-state index in [9.17, 15) is 13.2 Å². The number of halogens is 2. The van der Waals surface area contributed by atoms with E-state index in [1.165, 1.54) is 0 Å². The predicted molar refractivity (Wildman–Crippen MR) is 118 cm³/mol. The number of benzene rings is 2. The standard InChI is InChI=1S/C21H21Cl2N3O3S/c22-16-11-14(12-17(23)13-16)5-8-24-21(27)15-6-9-26(10-7-15)20-18-3-1-2-4-19(18)30(28,29)25-20/h1-4,11-13,15H,5-10H2,(H,24,27). The zero-order valence-corrected chi connectivity index (χ0v) is 18.5. The van der Waals surface area contributed by atoms with Crippen LogP contribution in [0.15, 0.2) is 51.8 Å². The van der Waals surface area contributed by atoms with Crippen molar-refractivity contribution in [1.29, 1.82) is 0 Å². The summed E-state index contributed by atoms with van der Waals surface area (Å²) in [5, 5.41) is 4.14. The third kappa shape index (κ3) is 4.48. The van der Waals surface area contributed by atoms with Crippen molar-refractivity contribution in [2.45, 2.75) is 24.2 Å². The maximum atomic E-state index is 12.5. The van der Waals surface area contributed by atoms with Crippen molar-refractivity contribution in [1.82, 2.24) is 10.2 Å². The number of fused-ring (bicyclic) bond motifs is 1. The summed E-state index contributed by atoms with van der Waals surface area (Å²) in [5.41, 5.74) is 1.61. The van der Waals surface area contributed by atoms with Gasteiger partial charge < -0.3 is 10.2 Å². The van der Waals surface area contributed by atoms with Crippen LogP contribution in [0.2, 0.25) is 10.0 Å². The van der Waals surface area contributed by atoms with Crippen LogP contribution in [0.25, 0.3) is 0 Å². The Labute approximate surface area is 185 Å². The van der Waals surface area contributed by atoms with Gasteiger partial charge in [0, 0.05) is 41.2 Å². The van der Waals surface area contributed by atoms with Gasteiger partial charge in [-0.25, -0.2) is 0 Å². The number of nitrogens with zero attached hydrogens (tertiary/aromatic N) is 2. The van der Waals surface area contributed by atoms with Crippen LogP contribution in [0, 0.1) is 5.92 Å². The van der Waals surface area contributed by atoms with Crippen LogP contribution >= 0.6 is 23.2 Å². The molecule has 0 radical (unpaired) electrons. The zero-order valence-electron chi connectivity index (χ0n) is 16.1. The Morgan fingerprint density at radius 1 is 1.10 bits per heavy atom. The van der Waals surface area contributed by atoms with Crippen molar-refractivity contribution in [2.24, 2.45) is 10.3 Å². The molecule has 0 bridgehead atoms. The van der Waals surface area contributed by atoms with Gasteiger partial charge in [0.1, 0.15) is 4.90 Å². The second-order valence-electron chi connectivity index (χ2n) is 7.47. The molecule has 0 aromatic heterocycles. The smallest absolute Gasteiger partial charge is 0.285 e. The van der Waals surface area contributed by atoms with E-state index in [2.05, 4.69) is 9.71 Å². The first-order valence-electron chi connectivity index (χ1n) is 9.75. The van der Waals surface area contributed by atoms with Gasteiger partial charge in [0.15, 0.2) is 5.84 Å². The number of piperidine rings is 1. The number of sulfonamides is 1. The Bertz CT molecular complexity index is 1090. The molecule has 0 aliphatic carbocycles. The van der Waals surface area contributed by atoms with Gasteiger partial charge in [-0.2, -0.15) is 8.42 Å². The van der Waals surface area contributed by atoms with Gasteiger partial charge >= 0.3 is 0 Å². The fourth-order valence-corrected chi connectivity index (χ4v) is 5.70. The molecule has 0 atom stereocenters. The van der Waals surface area contributed by atoms with Crippen LogP contribution in [0.1, 0.15) is 24.0 Å². The van der Waals surface area contributed by atoms with Crippen LogP contribution in [0.4, 0.5) is 0 Å². The van der Waals surface area contributed by atoms with E-state index in [1.54, 1.807) is 24.3 Å². The molecule has 9 heteroatoms. The van der Waals surface area contributed by atoms with Crippen molar-refractivity contribution >= 4 is 45.0 Å². The molecule has 1 N–H and O–H groups in total. The molecule has 2 heterocycles. The lowest BCUT2D eigenvalue weighted by atomic mass is 9.95. The van der Waals surface area contributed by atoms with Gasteiger partial charge in [-0.15, -0.1) is 4.40 Å². The van der Waals surface area contributed by atoms with Crippen molar-refractivity contribution < 1.29 is 13.2 Å². The SMILES string of the molecule is O=C(NCCc1cc(Cl)cc(Cl)c1)C1CCN(C2=NS(=O)(=O)c3ccccc32)CC1. The minimum absolute atomic E-state index is 0.0177. The van der Waals surface area contributed by atoms with Gasteiger partial charge in [0.2, 0.25) is 5.91 Å². The van der Waals surface area contributed by atoms with Gasteiger partial charge in [-0.1, -0.05) is 35.3 Å². The molecule has 4 rings (SSSR count). The van der Waals surface area contributed by atoms with Crippen LogP contribution in [-0.2, 0) is 21.2 Å². The molecule has 2 aliphatic rings. The lowest BCUT2D eigenvalue weighted by molar-refractivity contribution is -0.126. The molecule has 2 aliphatic heterocycles. The number of hydrogen-bond acceptors (Lipinski definition) is 4. The minimum atomic E-state index is -3.63. The van der Waals surface area contributed by atoms with Crippen LogP contribution in [-0.4, -0.2) is 44.7 Å². The fraction of sp³-hybridized carbons (Fsp3) is 0.333. The van der Waals surface area contributed by atoms with Gasteiger partial charge in [-0.3, -0.25) is 4.79 Å². The second-order valence-corrected chi connectivity index (χ2v) is 9.91. The maximum Gasteiger partial charge on any atom is 0.285 e. The summed E-state index contributed by atoms with van der Waals surface area (Å²) in [7, 11) is -3.63. The lowest BCUT2D eigenvalue weighted by Crippen LogP contribution is -2.43. The van der Waals surface area contributed by atoms with E-state index < -0.39 is 10.0 Å². The van der Waals surface area contributed by atoms with E-state index in [0.717, 1.165) is 5.56 Å². The predicted octanol–water partition coefficient (Wildman–Crippen LogP) is 3.51. The summed E-state index contributed by atoms with van der Waals surface area (Å²) in [4.78, 5) is 14.8.